The molecule has 0 saturated carbocycles. The van der Waals surface area contributed by atoms with Crippen LogP contribution in [0.5, 0.6) is 0 Å². The van der Waals surface area contributed by atoms with Crippen LogP contribution in [0.1, 0.15) is 16.2 Å². The third kappa shape index (κ3) is 2.94. The van der Waals surface area contributed by atoms with E-state index in [1.165, 1.54) is 6.07 Å². The van der Waals surface area contributed by atoms with Crippen molar-refractivity contribution in [2.24, 2.45) is 0 Å². The largest absolute Gasteiger partial charge is 0.476 e. The number of aromatic carboxylic acids is 1. The van der Waals surface area contributed by atoms with E-state index >= 15 is 0 Å². The van der Waals surface area contributed by atoms with Gasteiger partial charge >= 0.3 is 5.97 Å². The number of halogens is 2. The zero-order valence-corrected chi connectivity index (χ0v) is 10.5. The van der Waals surface area contributed by atoms with Crippen LogP contribution in [-0.2, 0) is 6.54 Å². The van der Waals surface area contributed by atoms with Crippen LogP contribution >= 0.6 is 23.2 Å². The molecule has 0 amide bonds. The Hall–Kier alpha value is -1.72. The van der Waals surface area contributed by atoms with Crippen molar-refractivity contribution >= 4 is 34.9 Å². The number of nitrogens with one attached hydrogen (secondary N) is 1. The molecule has 0 bridgehead atoms. The lowest BCUT2D eigenvalue weighted by Gasteiger charge is -2.06. The van der Waals surface area contributed by atoms with E-state index in [4.69, 9.17) is 32.8 Å². The topological polar surface area (TPSA) is 75.4 Å². The quantitative estimate of drug-likeness (QED) is 0.902. The van der Waals surface area contributed by atoms with Crippen molar-refractivity contribution in [2.75, 3.05) is 5.32 Å². The van der Waals surface area contributed by atoms with E-state index in [1.807, 2.05) is 0 Å². The van der Waals surface area contributed by atoms with Gasteiger partial charge in [0, 0.05) is 11.1 Å². The maximum absolute atomic E-state index is 10.6. The highest BCUT2D eigenvalue weighted by Crippen LogP contribution is 2.25. The van der Waals surface area contributed by atoms with Gasteiger partial charge in [0.25, 0.3) is 0 Å². The fourth-order valence-corrected chi connectivity index (χ4v) is 1.67. The molecule has 0 radical (unpaired) electrons. The number of rotatable bonds is 4. The summed E-state index contributed by atoms with van der Waals surface area (Å²) >= 11 is 11.8. The average molecular weight is 287 g/mol. The highest BCUT2D eigenvalue weighted by Gasteiger charge is 2.10. The van der Waals surface area contributed by atoms with Crippen molar-refractivity contribution < 1.29 is 14.4 Å². The summed E-state index contributed by atoms with van der Waals surface area (Å²) in [6, 6.07) is 6.34. The van der Waals surface area contributed by atoms with Gasteiger partial charge in [-0.05, 0) is 18.2 Å². The normalized spacial score (nSPS) is 10.3. The average Bonchev–Trinajstić information content (AvgIpc) is 2.79. The highest BCUT2D eigenvalue weighted by atomic mass is 35.5. The minimum Gasteiger partial charge on any atom is -0.476 e. The van der Waals surface area contributed by atoms with Gasteiger partial charge < -0.3 is 14.9 Å². The molecule has 1 aromatic carbocycles. The predicted molar refractivity (Wildman–Crippen MR) is 67.3 cm³/mol. The van der Waals surface area contributed by atoms with Crippen molar-refractivity contribution in [1.82, 2.24) is 5.16 Å². The Balaban J connectivity index is 2.06. The minimum atomic E-state index is -1.13. The van der Waals surface area contributed by atoms with Crippen LogP contribution in [0, 0.1) is 0 Å². The molecule has 0 atom stereocenters. The first-order chi connectivity index (χ1) is 8.56. The van der Waals surface area contributed by atoms with Gasteiger partial charge in [-0.1, -0.05) is 28.4 Å². The van der Waals surface area contributed by atoms with Crippen LogP contribution in [0.25, 0.3) is 0 Å². The van der Waals surface area contributed by atoms with E-state index in [-0.39, 0.29) is 12.2 Å². The lowest BCUT2D eigenvalue weighted by molar-refractivity contribution is 0.0685. The molecule has 2 N–H and O–H groups in total. The lowest BCUT2D eigenvalue weighted by Crippen LogP contribution is -1.99. The summed E-state index contributed by atoms with van der Waals surface area (Å²) in [5, 5.41) is 16.1. The van der Waals surface area contributed by atoms with Gasteiger partial charge in [-0.15, -0.1) is 0 Å². The molecular weight excluding hydrogens is 279 g/mol. The first kappa shape index (κ1) is 12.7. The van der Waals surface area contributed by atoms with Gasteiger partial charge in [0.2, 0.25) is 0 Å². The van der Waals surface area contributed by atoms with Gasteiger partial charge in [0.05, 0.1) is 17.3 Å². The number of nitrogens with zero attached hydrogens (tertiary/aromatic N) is 1. The summed E-state index contributed by atoms with van der Waals surface area (Å²) in [4.78, 5) is 10.6. The van der Waals surface area contributed by atoms with Crippen LogP contribution in [0.2, 0.25) is 10.0 Å². The fourth-order valence-electron chi connectivity index (χ4n) is 1.31. The molecule has 2 rings (SSSR count). The number of carbonyl (C=O) groups is 1. The number of hydrogen-bond donors (Lipinski definition) is 2. The molecule has 5 nitrogen and oxygen atoms in total. The van der Waals surface area contributed by atoms with Crippen molar-refractivity contribution in [1.29, 1.82) is 0 Å². The predicted octanol–water partition coefficient (Wildman–Crippen LogP) is 3.29. The Morgan fingerprint density at radius 2 is 2.17 bits per heavy atom. The van der Waals surface area contributed by atoms with E-state index in [2.05, 4.69) is 10.5 Å². The molecule has 0 unspecified atom stereocenters. The van der Waals surface area contributed by atoms with Crippen molar-refractivity contribution in [2.45, 2.75) is 6.54 Å². The Morgan fingerprint density at radius 1 is 1.39 bits per heavy atom. The van der Waals surface area contributed by atoms with Crippen molar-refractivity contribution in [3.8, 4) is 0 Å². The second-order valence-electron chi connectivity index (χ2n) is 3.46. The fraction of sp³-hybridized carbons (Fsp3) is 0.0909. The number of aromatic nitrogens is 1. The third-order valence-electron chi connectivity index (χ3n) is 2.16. The van der Waals surface area contributed by atoms with Gasteiger partial charge in [-0.3, -0.25) is 0 Å². The Morgan fingerprint density at radius 3 is 2.83 bits per heavy atom. The number of anilines is 1. The summed E-state index contributed by atoms with van der Waals surface area (Å²) < 4.78 is 4.85. The summed E-state index contributed by atoms with van der Waals surface area (Å²) in [6.07, 6.45) is 0. The molecular formula is C11H8Cl2N2O3. The van der Waals surface area contributed by atoms with E-state index in [9.17, 15) is 4.79 Å². The molecule has 0 aliphatic carbocycles. The molecule has 0 aliphatic heterocycles. The number of hydrogen-bond acceptors (Lipinski definition) is 4. The molecule has 0 fully saturated rings. The first-order valence-electron chi connectivity index (χ1n) is 4.94. The zero-order chi connectivity index (χ0) is 13.1. The Bertz CT molecular complexity index is 583. The summed E-state index contributed by atoms with van der Waals surface area (Å²) in [5.41, 5.74) is 0.501. The van der Waals surface area contributed by atoms with Gasteiger partial charge in [-0.25, -0.2) is 4.79 Å². The highest BCUT2D eigenvalue weighted by molar-refractivity contribution is 6.35. The standard InChI is InChI=1S/C11H8Cl2N2O3/c12-6-1-2-8(13)9(3-6)14-5-7-4-10(11(16)17)15-18-7/h1-4,14H,5H2,(H,16,17). The van der Waals surface area contributed by atoms with Crippen LogP contribution in [0.3, 0.4) is 0 Å². The van der Waals surface area contributed by atoms with Crippen LogP contribution < -0.4 is 5.32 Å². The van der Waals surface area contributed by atoms with Crippen LogP contribution in [-0.4, -0.2) is 16.2 Å². The maximum atomic E-state index is 10.6. The third-order valence-corrected chi connectivity index (χ3v) is 2.72. The second kappa shape index (κ2) is 5.29. The lowest BCUT2D eigenvalue weighted by atomic mass is 10.3. The zero-order valence-electron chi connectivity index (χ0n) is 8.98. The Labute approximate surface area is 112 Å². The number of carboxylic acids is 1. The molecule has 94 valence electrons. The van der Waals surface area contributed by atoms with Crippen molar-refractivity contribution in [3.63, 3.8) is 0 Å². The summed E-state index contributed by atoms with van der Waals surface area (Å²) in [7, 11) is 0. The summed E-state index contributed by atoms with van der Waals surface area (Å²) in [6.45, 7) is 0.264. The molecule has 7 heteroatoms. The van der Waals surface area contributed by atoms with E-state index in [0.717, 1.165) is 0 Å². The molecule has 18 heavy (non-hydrogen) atoms. The first-order valence-corrected chi connectivity index (χ1v) is 5.69. The van der Waals surface area contributed by atoms with Crippen molar-refractivity contribution in [3.05, 3.63) is 45.8 Å². The SMILES string of the molecule is O=C(O)c1cc(CNc2cc(Cl)ccc2Cl)on1. The molecule has 0 spiro atoms. The van der Waals surface area contributed by atoms with E-state index in [0.29, 0.717) is 21.5 Å². The smallest absolute Gasteiger partial charge is 0.358 e. The number of carboxylic acid groups (broad SMARTS) is 1. The van der Waals surface area contributed by atoms with E-state index < -0.39 is 5.97 Å². The molecule has 1 aromatic heterocycles. The minimum absolute atomic E-state index is 0.135. The van der Waals surface area contributed by atoms with E-state index in [1.54, 1.807) is 18.2 Å². The summed E-state index contributed by atoms with van der Waals surface area (Å²) in [5.74, 6) is -0.741. The monoisotopic (exact) mass is 286 g/mol. The molecule has 1 heterocycles. The Kier molecular flexibility index (Phi) is 3.74. The van der Waals surface area contributed by atoms with Gasteiger partial charge in [-0.2, -0.15) is 0 Å². The van der Waals surface area contributed by atoms with Crippen LogP contribution in [0.4, 0.5) is 5.69 Å². The van der Waals surface area contributed by atoms with Gasteiger partial charge in [0.15, 0.2) is 11.5 Å². The number of benzene rings is 1. The van der Waals surface area contributed by atoms with Crippen LogP contribution in [0.15, 0.2) is 28.8 Å². The molecule has 0 aliphatic rings. The van der Waals surface area contributed by atoms with Gasteiger partial charge in [0.1, 0.15) is 0 Å². The molecule has 2 aromatic rings. The maximum Gasteiger partial charge on any atom is 0.358 e. The molecule has 0 saturated heterocycles. The second-order valence-corrected chi connectivity index (χ2v) is 4.30.